The Morgan fingerprint density at radius 2 is 2.00 bits per heavy atom. The lowest BCUT2D eigenvalue weighted by Crippen LogP contribution is -2.36. The van der Waals surface area contributed by atoms with Gasteiger partial charge in [-0.1, -0.05) is 43.7 Å². The predicted molar refractivity (Wildman–Crippen MR) is 95.7 cm³/mol. The van der Waals surface area contributed by atoms with E-state index < -0.39 is 6.10 Å². The third kappa shape index (κ3) is 6.87. The highest BCUT2D eigenvalue weighted by atomic mass is 16.5. The van der Waals surface area contributed by atoms with Crippen molar-refractivity contribution in [1.29, 1.82) is 0 Å². The van der Waals surface area contributed by atoms with Crippen LogP contribution >= 0.6 is 0 Å². The molecule has 0 radical (unpaired) electrons. The lowest BCUT2D eigenvalue weighted by Gasteiger charge is -2.27. The van der Waals surface area contributed by atoms with Crippen molar-refractivity contribution in [2.45, 2.75) is 40.0 Å². The van der Waals surface area contributed by atoms with E-state index in [-0.39, 0.29) is 0 Å². The van der Waals surface area contributed by atoms with Crippen LogP contribution in [0.1, 0.15) is 30.7 Å². The number of aliphatic hydroxyl groups excluding tert-OH is 1. The molecule has 0 unspecified atom stereocenters. The van der Waals surface area contributed by atoms with E-state index in [0.29, 0.717) is 25.7 Å². The Morgan fingerprint density at radius 3 is 2.67 bits per heavy atom. The quantitative estimate of drug-likeness (QED) is 0.722. The molecule has 1 aromatic carbocycles. The van der Waals surface area contributed by atoms with E-state index in [9.17, 15) is 5.11 Å². The van der Waals surface area contributed by atoms with E-state index in [1.165, 1.54) is 11.1 Å². The van der Waals surface area contributed by atoms with Gasteiger partial charge in [0.1, 0.15) is 12.4 Å². The van der Waals surface area contributed by atoms with E-state index in [4.69, 9.17) is 9.15 Å². The van der Waals surface area contributed by atoms with Crippen LogP contribution in [0.4, 0.5) is 0 Å². The maximum atomic E-state index is 10.3. The van der Waals surface area contributed by atoms with Gasteiger partial charge in [0.05, 0.1) is 19.0 Å². The van der Waals surface area contributed by atoms with Gasteiger partial charge in [0, 0.05) is 19.6 Å². The molecular formula is C20H29NO3. The Kier molecular flexibility index (Phi) is 7.50. The Balaban J connectivity index is 1.82. The molecule has 1 atom stereocenters. The average Bonchev–Trinajstić information content (AvgIpc) is 2.99. The molecule has 1 aromatic heterocycles. The van der Waals surface area contributed by atoms with E-state index in [1.807, 2.05) is 12.1 Å². The van der Waals surface area contributed by atoms with E-state index >= 15 is 0 Å². The molecule has 24 heavy (non-hydrogen) atoms. The number of aliphatic hydroxyl groups is 1. The largest absolute Gasteiger partial charge is 0.467 e. The first-order valence-electron chi connectivity index (χ1n) is 8.59. The second-order valence-electron chi connectivity index (χ2n) is 6.83. The predicted octanol–water partition coefficient (Wildman–Crippen LogP) is 3.62. The molecule has 0 fully saturated rings. The van der Waals surface area contributed by atoms with Gasteiger partial charge in [-0.15, -0.1) is 0 Å². The highest BCUT2D eigenvalue weighted by molar-refractivity contribution is 5.22. The number of hydrogen-bond donors (Lipinski definition) is 1. The van der Waals surface area contributed by atoms with Crippen LogP contribution < -0.4 is 0 Å². The zero-order valence-electron chi connectivity index (χ0n) is 14.9. The minimum atomic E-state index is -0.511. The van der Waals surface area contributed by atoms with Gasteiger partial charge >= 0.3 is 0 Å². The lowest BCUT2D eigenvalue weighted by atomic mass is 10.1. The molecule has 1 heterocycles. The fraction of sp³-hybridized carbons (Fsp3) is 0.500. The smallest absolute Gasteiger partial charge is 0.129 e. The molecule has 1 N–H and O–H groups in total. The minimum Gasteiger partial charge on any atom is -0.467 e. The first-order valence-corrected chi connectivity index (χ1v) is 8.59. The number of furan rings is 1. The summed E-state index contributed by atoms with van der Waals surface area (Å²) in [5, 5.41) is 10.3. The Morgan fingerprint density at radius 1 is 1.17 bits per heavy atom. The molecule has 0 aliphatic rings. The summed E-state index contributed by atoms with van der Waals surface area (Å²) in [5.74, 6) is 1.33. The number of hydrogen-bond acceptors (Lipinski definition) is 4. The van der Waals surface area contributed by atoms with E-state index in [2.05, 4.69) is 49.9 Å². The van der Waals surface area contributed by atoms with Crippen molar-refractivity contribution in [2.75, 3.05) is 19.7 Å². The summed E-state index contributed by atoms with van der Waals surface area (Å²) in [6.45, 7) is 9.59. The van der Waals surface area contributed by atoms with Crippen LogP contribution in [0.15, 0.2) is 47.1 Å². The number of nitrogens with zero attached hydrogens (tertiary/aromatic N) is 1. The Hall–Kier alpha value is -1.62. The van der Waals surface area contributed by atoms with Gasteiger partial charge in [-0.2, -0.15) is 0 Å². The summed E-state index contributed by atoms with van der Waals surface area (Å²) in [7, 11) is 0. The molecule has 4 heteroatoms. The molecule has 0 spiro atoms. The fourth-order valence-electron chi connectivity index (χ4n) is 2.83. The zero-order valence-corrected chi connectivity index (χ0v) is 14.9. The van der Waals surface area contributed by atoms with Crippen molar-refractivity contribution in [3.63, 3.8) is 0 Å². The molecule has 0 bridgehead atoms. The van der Waals surface area contributed by atoms with Crippen LogP contribution in [0.3, 0.4) is 0 Å². The van der Waals surface area contributed by atoms with E-state index in [1.54, 1.807) is 6.26 Å². The van der Waals surface area contributed by atoms with Gasteiger partial charge in [0.2, 0.25) is 0 Å². The molecule has 0 aliphatic carbocycles. The summed E-state index contributed by atoms with van der Waals surface area (Å²) in [6, 6.07) is 12.2. The van der Waals surface area contributed by atoms with Gasteiger partial charge in [0.15, 0.2) is 0 Å². The maximum Gasteiger partial charge on any atom is 0.129 e. The Labute approximate surface area is 145 Å². The van der Waals surface area contributed by atoms with Crippen molar-refractivity contribution in [3.05, 3.63) is 59.5 Å². The van der Waals surface area contributed by atoms with Crippen LogP contribution in [0.2, 0.25) is 0 Å². The first-order chi connectivity index (χ1) is 11.5. The third-order valence-corrected chi connectivity index (χ3v) is 3.72. The second kappa shape index (κ2) is 9.62. The summed E-state index contributed by atoms with van der Waals surface area (Å²) in [6.07, 6.45) is 1.12. The summed E-state index contributed by atoms with van der Waals surface area (Å²) in [4.78, 5) is 2.29. The van der Waals surface area contributed by atoms with Gasteiger partial charge < -0.3 is 14.3 Å². The minimum absolute atomic E-state index is 0.309. The molecule has 2 aromatic rings. The molecule has 0 amide bonds. The molecule has 2 rings (SSSR count). The van der Waals surface area contributed by atoms with Crippen LogP contribution in [-0.4, -0.2) is 35.8 Å². The van der Waals surface area contributed by atoms with Crippen molar-refractivity contribution >= 4 is 0 Å². The molecule has 0 saturated carbocycles. The summed E-state index contributed by atoms with van der Waals surface area (Å²) >= 11 is 0. The van der Waals surface area contributed by atoms with Crippen LogP contribution in [0, 0.1) is 12.8 Å². The Bertz CT molecular complexity index is 580. The summed E-state index contributed by atoms with van der Waals surface area (Å²) < 4.78 is 10.8. The van der Waals surface area contributed by atoms with Gasteiger partial charge in [0.25, 0.3) is 0 Å². The lowest BCUT2D eigenvalue weighted by molar-refractivity contribution is 0.00224. The van der Waals surface area contributed by atoms with Crippen LogP contribution in [0.5, 0.6) is 0 Å². The summed E-state index contributed by atoms with van der Waals surface area (Å²) in [5.41, 5.74) is 2.54. The average molecular weight is 331 g/mol. The molecule has 0 aliphatic heterocycles. The topological polar surface area (TPSA) is 45.8 Å². The molecule has 132 valence electrons. The van der Waals surface area contributed by atoms with Crippen molar-refractivity contribution in [3.8, 4) is 0 Å². The first kappa shape index (κ1) is 18.7. The number of benzene rings is 1. The van der Waals surface area contributed by atoms with Crippen LogP contribution in [-0.2, 0) is 17.9 Å². The number of ether oxygens (including phenoxy) is 1. The SMILES string of the molecule is Cc1cccc(CN(CC(C)C)C[C@@H](O)COCc2ccco2)c1. The highest BCUT2D eigenvalue weighted by Gasteiger charge is 2.14. The standard InChI is InChI=1S/C20H29NO3/c1-16(2)11-21(12-18-7-4-6-17(3)10-18)13-19(22)14-23-15-20-8-5-9-24-20/h4-10,16,19,22H,11-15H2,1-3H3/t19-/m1/s1. The van der Waals surface area contributed by atoms with Crippen molar-refractivity contribution < 1.29 is 14.3 Å². The van der Waals surface area contributed by atoms with Gasteiger partial charge in [-0.05, 0) is 30.5 Å². The fourth-order valence-corrected chi connectivity index (χ4v) is 2.83. The highest BCUT2D eigenvalue weighted by Crippen LogP contribution is 2.11. The molecule has 4 nitrogen and oxygen atoms in total. The monoisotopic (exact) mass is 331 g/mol. The van der Waals surface area contributed by atoms with Gasteiger partial charge in [-0.3, -0.25) is 4.90 Å². The van der Waals surface area contributed by atoms with Crippen molar-refractivity contribution in [2.24, 2.45) is 5.92 Å². The second-order valence-corrected chi connectivity index (χ2v) is 6.83. The van der Waals surface area contributed by atoms with Crippen LogP contribution in [0.25, 0.3) is 0 Å². The number of aryl methyl sites for hydroxylation is 1. The van der Waals surface area contributed by atoms with E-state index in [0.717, 1.165) is 18.8 Å². The third-order valence-electron chi connectivity index (χ3n) is 3.72. The zero-order chi connectivity index (χ0) is 17.4. The van der Waals surface area contributed by atoms with Gasteiger partial charge in [-0.25, -0.2) is 0 Å². The normalized spacial score (nSPS) is 12.9. The van der Waals surface area contributed by atoms with Crippen molar-refractivity contribution in [1.82, 2.24) is 4.90 Å². The molecule has 0 saturated heterocycles. The maximum absolute atomic E-state index is 10.3. The number of rotatable bonds is 10. The molecular weight excluding hydrogens is 302 g/mol.